The number of carbonyl (C=O) groups is 1. The highest BCUT2D eigenvalue weighted by atomic mass is 16.5. The zero-order valence-corrected chi connectivity index (χ0v) is 6.96. The molecule has 0 aliphatic carbocycles. The van der Waals surface area contributed by atoms with Crippen molar-refractivity contribution >= 4 is 6.09 Å². The Kier molecular flexibility index (Phi) is 2.70. The standard InChI is InChI=1S/C7H14N2O2/c1-9(7(10)11-2)5-6-3-8-4-6/h6,8H,3-5H2,1-2H3. The third-order valence-electron chi connectivity index (χ3n) is 1.88. The predicted molar refractivity (Wildman–Crippen MR) is 41.4 cm³/mol. The molecule has 1 amide bonds. The van der Waals surface area contributed by atoms with Crippen LogP contribution in [0.3, 0.4) is 0 Å². The molecule has 1 rings (SSSR count). The van der Waals surface area contributed by atoms with E-state index in [1.54, 1.807) is 11.9 Å². The quantitative estimate of drug-likeness (QED) is 0.610. The van der Waals surface area contributed by atoms with E-state index in [-0.39, 0.29) is 6.09 Å². The lowest BCUT2D eigenvalue weighted by molar-refractivity contribution is 0.121. The average Bonchev–Trinajstić information content (AvgIpc) is 1.94. The van der Waals surface area contributed by atoms with Crippen molar-refractivity contribution in [2.45, 2.75) is 0 Å². The summed E-state index contributed by atoms with van der Waals surface area (Å²) in [5.41, 5.74) is 0. The third kappa shape index (κ3) is 2.08. The molecule has 4 nitrogen and oxygen atoms in total. The molecule has 4 heteroatoms. The van der Waals surface area contributed by atoms with Gasteiger partial charge < -0.3 is 15.0 Å². The van der Waals surface area contributed by atoms with E-state index in [1.165, 1.54) is 7.11 Å². The van der Waals surface area contributed by atoms with Crippen LogP contribution in [0.1, 0.15) is 0 Å². The minimum atomic E-state index is -0.253. The van der Waals surface area contributed by atoms with Crippen LogP contribution in [0.2, 0.25) is 0 Å². The summed E-state index contributed by atoms with van der Waals surface area (Å²) in [5.74, 6) is 0.610. The van der Waals surface area contributed by atoms with Gasteiger partial charge in [-0.25, -0.2) is 4.79 Å². The molecule has 0 atom stereocenters. The van der Waals surface area contributed by atoms with E-state index in [2.05, 4.69) is 10.1 Å². The van der Waals surface area contributed by atoms with Gasteiger partial charge in [0.05, 0.1) is 7.11 Å². The summed E-state index contributed by atoms with van der Waals surface area (Å²) < 4.78 is 4.55. The number of ether oxygens (including phenoxy) is 1. The number of methoxy groups -OCH3 is 1. The van der Waals surface area contributed by atoms with Gasteiger partial charge in [-0.2, -0.15) is 0 Å². The van der Waals surface area contributed by atoms with Crippen LogP contribution < -0.4 is 5.32 Å². The van der Waals surface area contributed by atoms with Gasteiger partial charge in [-0.1, -0.05) is 0 Å². The molecular weight excluding hydrogens is 144 g/mol. The fourth-order valence-corrected chi connectivity index (χ4v) is 1.10. The van der Waals surface area contributed by atoms with Gasteiger partial charge in [-0.3, -0.25) is 0 Å². The van der Waals surface area contributed by atoms with Crippen molar-refractivity contribution in [3.63, 3.8) is 0 Å². The highest BCUT2D eigenvalue weighted by Crippen LogP contribution is 2.04. The molecule has 1 aliphatic rings. The van der Waals surface area contributed by atoms with Gasteiger partial charge in [0.15, 0.2) is 0 Å². The van der Waals surface area contributed by atoms with Crippen LogP contribution in [0.25, 0.3) is 0 Å². The molecule has 1 N–H and O–H groups in total. The number of carbonyl (C=O) groups excluding carboxylic acids is 1. The predicted octanol–water partition coefficient (Wildman–Crippen LogP) is -0.0960. The second-order valence-corrected chi connectivity index (χ2v) is 2.87. The summed E-state index contributed by atoms with van der Waals surface area (Å²) in [6.45, 7) is 2.82. The van der Waals surface area contributed by atoms with Crippen molar-refractivity contribution in [2.24, 2.45) is 5.92 Å². The molecule has 0 aromatic rings. The summed E-state index contributed by atoms with van der Waals surface area (Å²) in [7, 11) is 3.15. The monoisotopic (exact) mass is 158 g/mol. The van der Waals surface area contributed by atoms with Gasteiger partial charge in [0.1, 0.15) is 0 Å². The number of hydrogen-bond acceptors (Lipinski definition) is 3. The second-order valence-electron chi connectivity index (χ2n) is 2.87. The summed E-state index contributed by atoms with van der Waals surface area (Å²) in [6, 6.07) is 0. The van der Waals surface area contributed by atoms with E-state index < -0.39 is 0 Å². The Morgan fingerprint density at radius 3 is 2.73 bits per heavy atom. The lowest BCUT2D eigenvalue weighted by Crippen LogP contribution is -2.48. The first-order chi connectivity index (χ1) is 5.24. The summed E-state index contributed by atoms with van der Waals surface area (Å²) in [4.78, 5) is 12.5. The molecule has 0 aromatic heterocycles. The Hall–Kier alpha value is -0.770. The molecule has 1 saturated heterocycles. The Bertz CT molecular complexity index is 145. The van der Waals surface area contributed by atoms with E-state index in [0.29, 0.717) is 5.92 Å². The van der Waals surface area contributed by atoms with Crippen LogP contribution in [0, 0.1) is 5.92 Å². The molecule has 0 unspecified atom stereocenters. The van der Waals surface area contributed by atoms with Gasteiger partial charge in [0.25, 0.3) is 0 Å². The van der Waals surface area contributed by atoms with E-state index in [1.807, 2.05) is 0 Å². The number of rotatable bonds is 2. The normalized spacial score (nSPS) is 17.3. The van der Waals surface area contributed by atoms with Gasteiger partial charge in [0.2, 0.25) is 0 Å². The van der Waals surface area contributed by atoms with Crippen molar-refractivity contribution < 1.29 is 9.53 Å². The maximum Gasteiger partial charge on any atom is 0.409 e. The molecule has 0 bridgehead atoms. The molecule has 0 radical (unpaired) electrons. The number of nitrogens with zero attached hydrogens (tertiary/aromatic N) is 1. The molecule has 1 heterocycles. The molecule has 0 saturated carbocycles. The SMILES string of the molecule is COC(=O)N(C)CC1CNC1. The first kappa shape index (κ1) is 8.33. The van der Waals surface area contributed by atoms with Crippen molar-refractivity contribution in [2.75, 3.05) is 33.8 Å². The molecule has 0 aromatic carbocycles. The smallest absolute Gasteiger partial charge is 0.409 e. The zero-order chi connectivity index (χ0) is 8.27. The minimum Gasteiger partial charge on any atom is -0.453 e. The van der Waals surface area contributed by atoms with Crippen molar-refractivity contribution in [3.05, 3.63) is 0 Å². The largest absolute Gasteiger partial charge is 0.453 e. The Morgan fingerprint density at radius 1 is 1.73 bits per heavy atom. The maximum atomic E-state index is 10.9. The fraction of sp³-hybridized carbons (Fsp3) is 0.857. The van der Waals surface area contributed by atoms with Crippen molar-refractivity contribution in [3.8, 4) is 0 Å². The molecule has 0 spiro atoms. The number of nitrogens with one attached hydrogen (secondary N) is 1. The van der Waals surface area contributed by atoms with Crippen LogP contribution in [-0.4, -0.2) is 44.8 Å². The molecule has 1 fully saturated rings. The van der Waals surface area contributed by atoms with Crippen molar-refractivity contribution in [1.29, 1.82) is 0 Å². The fourth-order valence-electron chi connectivity index (χ4n) is 1.10. The lowest BCUT2D eigenvalue weighted by atomic mass is 10.0. The first-order valence-electron chi connectivity index (χ1n) is 3.74. The highest BCUT2D eigenvalue weighted by molar-refractivity contribution is 5.66. The Labute approximate surface area is 66.5 Å². The summed E-state index contributed by atoms with van der Waals surface area (Å²) >= 11 is 0. The zero-order valence-electron chi connectivity index (χ0n) is 6.96. The van der Waals surface area contributed by atoms with Crippen LogP contribution in [0.5, 0.6) is 0 Å². The topological polar surface area (TPSA) is 41.6 Å². The second kappa shape index (κ2) is 3.57. The third-order valence-corrected chi connectivity index (χ3v) is 1.88. The van der Waals surface area contributed by atoms with Crippen molar-refractivity contribution in [1.82, 2.24) is 10.2 Å². The van der Waals surface area contributed by atoms with Gasteiger partial charge in [-0.15, -0.1) is 0 Å². The number of hydrogen-bond donors (Lipinski definition) is 1. The van der Waals surface area contributed by atoms with Crippen LogP contribution >= 0.6 is 0 Å². The van der Waals surface area contributed by atoms with E-state index in [9.17, 15) is 4.79 Å². The Balaban J connectivity index is 2.18. The summed E-state index contributed by atoms with van der Waals surface area (Å²) in [6.07, 6.45) is -0.253. The molecule has 64 valence electrons. The molecule has 11 heavy (non-hydrogen) atoms. The minimum absolute atomic E-state index is 0.253. The van der Waals surface area contributed by atoms with Crippen LogP contribution in [0.15, 0.2) is 0 Å². The maximum absolute atomic E-state index is 10.9. The Morgan fingerprint density at radius 2 is 2.36 bits per heavy atom. The molecule has 1 aliphatic heterocycles. The average molecular weight is 158 g/mol. The lowest BCUT2D eigenvalue weighted by Gasteiger charge is -2.30. The number of amides is 1. The van der Waals surface area contributed by atoms with Crippen LogP contribution in [0.4, 0.5) is 4.79 Å². The van der Waals surface area contributed by atoms with E-state index in [4.69, 9.17) is 0 Å². The van der Waals surface area contributed by atoms with E-state index in [0.717, 1.165) is 19.6 Å². The first-order valence-corrected chi connectivity index (χ1v) is 3.74. The van der Waals surface area contributed by atoms with Gasteiger partial charge in [-0.05, 0) is 0 Å². The highest BCUT2D eigenvalue weighted by Gasteiger charge is 2.20. The van der Waals surface area contributed by atoms with E-state index >= 15 is 0 Å². The van der Waals surface area contributed by atoms with Gasteiger partial charge >= 0.3 is 6.09 Å². The van der Waals surface area contributed by atoms with Crippen LogP contribution in [-0.2, 0) is 4.74 Å². The van der Waals surface area contributed by atoms with Gasteiger partial charge in [0, 0.05) is 32.6 Å². The molecular formula is C7H14N2O2. The summed E-state index contributed by atoms with van der Waals surface area (Å²) in [5, 5.41) is 3.14.